The Kier molecular flexibility index (Phi) is 17.5. The van der Waals surface area contributed by atoms with E-state index in [1.54, 1.807) is 0 Å². The van der Waals surface area contributed by atoms with Gasteiger partial charge in [0.1, 0.15) is 18.1 Å². The Morgan fingerprint density at radius 2 is 1.16 bits per heavy atom. The average Bonchev–Trinajstić information content (AvgIpc) is 2.85. The summed E-state index contributed by atoms with van der Waals surface area (Å²) in [6, 6.07) is -4.79. The fourth-order valence-corrected chi connectivity index (χ4v) is 3.19. The molecule has 0 aliphatic heterocycles. The second kappa shape index (κ2) is 19.4. The molecule has 17 heteroatoms. The van der Waals surface area contributed by atoms with Gasteiger partial charge in [0.25, 0.3) is 0 Å². The summed E-state index contributed by atoms with van der Waals surface area (Å²) in [6.45, 7) is 0.0184. The molecule has 0 spiro atoms. The molecule has 0 aliphatic carbocycles. The first-order chi connectivity index (χ1) is 17.9. The summed E-state index contributed by atoms with van der Waals surface area (Å²) >= 11 is 0. The van der Waals surface area contributed by atoms with Gasteiger partial charge in [0.2, 0.25) is 17.7 Å². The third-order valence-corrected chi connectivity index (χ3v) is 5.26. The van der Waals surface area contributed by atoms with Crippen molar-refractivity contribution in [2.75, 3.05) is 26.2 Å². The molecule has 0 aliphatic rings. The SMILES string of the molecule is NCCCCC(NC(=O)C(CO)NC(=O)C(N)CCCN=C(N)N)C(=O)NC(CCCN=C(N)N)C(=O)O. The third-order valence-electron chi connectivity index (χ3n) is 5.26. The zero-order valence-corrected chi connectivity index (χ0v) is 21.5. The van der Waals surface area contributed by atoms with Crippen LogP contribution in [0.5, 0.6) is 0 Å². The maximum Gasteiger partial charge on any atom is 0.326 e. The number of aliphatic hydroxyl groups is 1. The van der Waals surface area contributed by atoms with Crippen molar-refractivity contribution in [1.29, 1.82) is 0 Å². The lowest BCUT2D eigenvalue weighted by Crippen LogP contribution is -2.58. The fraction of sp³-hybridized carbons (Fsp3) is 0.714. The molecule has 218 valence electrons. The van der Waals surface area contributed by atoms with Crippen LogP contribution in [0.3, 0.4) is 0 Å². The van der Waals surface area contributed by atoms with Gasteiger partial charge in [-0.25, -0.2) is 4.79 Å². The number of carboxylic acid groups (broad SMARTS) is 1. The summed E-state index contributed by atoms with van der Waals surface area (Å²) in [5.41, 5.74) is 32.3. The Bertz CT molecular complexity index is 815. The summed E-state index contributed by atoms with van der Waals surface area (Å²) in [7, 11) is 0. The van der Waals surface area contributed by atoms with Gasteiger partial charge in [0.05, 0.1) is 12.6 Å². The first-order valence-electron chi connectivity index (χ1n) is 12.2. The molecular formula is C21H43N11O6. The van der Waals surface area contributed by atoms with Crippen molar-refractivity contribution in [2.24, 2.45) is 44.4 Å². The third kappa shape index (κ3) is 15.4. The zero-order valence-electron chi connectivity index (χ0n) is 21.5. The van der Waals surface area contributed by atoms with E-state index in [1.165, 1.54) is 0 Å². The largest absolute Gasteiger partial charge is 0.480 e. The standard InChI is InChI=1S/C21H43N11O6/c22-8-2-1-6-13(17(35)31-14(19(37)38)7-4-10-29-21(26)27)30-18(36)15(11-33)32-16(34)12(23)5-3-9-28-20(24)25/h12-15,33H,1-11,22-23H2,(H,30,36)(H,31,35)(H,32,34)(H,37,38)(H4,24,25,28)(H4,26,27,29). The normalized spacial score (nSPS) is 13.8. The highest BCUT2D eigenvalue weighted by Gasteiger charge is 2.29. The second-order valence-electron chi connectivity index (χ2n) is 8.49. The quantitative estimate of drug-likeness (QED) is 0.0389. The van der Waals surface area contributed by atoms with Crippen LogP contribution in [0.15, 0.2) is 9.98 Å². The minimum Gasteiger partial charge on any atom is -0.480 e. The number of carbonyl (C=O) groups excluding carboxylic acids is 3. The number of carbonyl (C=O) groups is 4. The monoisotopic (exact) mass is 545 g/mol. The summed E-state index contributed by atoms with van der Waals surface area (Å²) in [5.74, 6) is -3.79. The lowest BCUT2D eigenvalue weighted by atomic mass is 10.1. The lowest BCUT2D eigenvalue weighted by Gasteiger charge is -2.24. The van der Waals surface area contributed by atoms with E-state index in [0.29, 0.717) is 25.8 Å². The molecule has 0 bridgehead atoms. The van der Waals surface area contributed by atoms with Crippen molar-refractivity contribution in [2.45, 2.75) is 69.1 Å². The second-order valence-corrected chi connectivity index (χ2v) is 8.49. The number of hydrogen-bond donors (Lipinski definition) is 11. The topological polar surface area (TPSA) is 326 Å². The molecular weight excluding hydrogens is 502 g/mol. The van der Waals surface area contributed by atoms with Crippen LogP contribution in [0.4, 0.5) is 0 Å². The maximum atomic E-state index is 12.9. The van der Waals surface area contributed by atoms with Crippen LogP contribution in [0.25, 0.3) is 0 Å². The van der Waals surface area contributed by atoms with Crippen molar-refractivity contribution in [1.82, 2.24) is 16.0 Å². The van der Waals surface area contributed by atoms with Crippen LogP contribution >= 0.6 is 0 Å². The minimum absolute atomic E-state index is 0.0394. The first kappa shape index (κ1) is 34.3. The number of amides is 3. The predicted molar refractivity (Wildman–Crippen MR) is 141 cm³/mol. The van der Waals surface area contributed by atoms with Crippen molar-refractivity contribution < 1.29 is 29.4 Å². The number of nitrogens with one attached hydrogen (secondary N) is 3. The highest BCUT2D eigenvalue weighted by molar-refractivity contribution is 5.94. The van der Waals surface area contributed by atoms with E-state index >= 15 is 0 Å². The van der Waals surface area contributed by atoms with Gasteiger partial charge in [-0.3, -0.25) is 24.4 Å². The Labute approximate surface area is 221 Å². The number of guanidine groups is 2. The number of carboxylic acids is 1. The number of nitrogens with two attached hydrogens (primary N) is 6. The molecule has 3 amide bonds. The predicted octanol–water partition coefficient (Wildman–Crippen LogP) is -4.92. The number of hydrogen-bond acceptors (Lipinski definition) is 9. The molecule has 0 saturated heterocycles. The summed E-state index contributed by atoms with van der Waals surface area (Å²) in [4.78, 5) is 57.2. The molecule has 0 aromatic rings. The van der Waals surface area contributed by atoms with Crippen LogP contribution in [0.2, 0.25) is 0 Å². The van der Waals surface area contributed by atoms with E-state index < -0.39 is 54.5 Å². The molecule has 17 N–H and O–H groups in total. The van der Waals surface area contributed by atoms with Gasteiger partial charge >= 0.3 is 5.97 Å². The van der Waals surface area contributed by atoms with E-state index in [-0.39, 0.29) is 50.7 Å². The molecule has 17 nitrogen and oxygen atoms in total. The van der Waals surface area contributed by atoms with Crippen LogP contribution in [-0.4, -0.2) is 96.2 Å². The van der Waals surface area contributed by atoms with Crippen molar-refractivity contribution in [3.05, 3.63) is 0 Å². The molecule has 0 saturated carbocycles. The highest BCUT2D eigenvalue weighted by Crippen LogP contribution is 2.05. The van der Waals surface area contributed by atoms with Gasteiger partial charge in [-0.15, -0.1) is 0 Å². The van der Waals surface area contributed by atoms with E-state index in [4.69, 9.17) is 34.4 Å². The molecule has 0 rings (SSSR count). The molecule has 4 atom stereocenters. The Hall–Kier alpha value is -3.70. The first-order valence-corrected chi connectivity index (χ1v) is 12.2. The summed E-state index contributed by atoms with van der Waals surface area (Å²) in [6.07, 6.45) is 2.09. The van der Waals surface area contributed by atoms with Gasteiger partial charge in [-0.1, -0.05) is 0 Å². The van der Waals surface area contributed by atoms with Crippen molar-refractivity contribution in [3.8, 4) is 0 Å². The zero-order chi connectivity index (χ0) is 29.1. The van der Waals surface area contributed by atoms with Crippen LogP contribution in [-0.2, 0) is 19.2 Å². The van der Waals surface area contributed by atoms with Crippen molar-refractivity contribution in [3.63, 3.8) is 0 Å². The molecule has 0 aromatic heterocycles. The lowest BCUT2D eigenvalue weighted by molar-refractivity contribution is -0.142. The highest BCUT2D eigenvalue weighted by atomic mass is 16.4. The Morgan fingerprint density at radius 3 is 1.66 bits per heavy atom. The van der Waals surface area contributed by atoms with Gasteiger partial charge in [-0.05, 0) is 51.5 Å². The van der Waals surface area contributed by atoms with Gasteiger partial charge < -0.3 is 60.6 Å². The molecule has 4 unspecified atom stereocenters. The Morgan fingerprint density at radius 1 is 0.684 bits per heavy atom. The molecule has 0 heterocycles. The van der Waals surface area contributed by atoms with Gasteiger partial charge in [0.15, 0.2) is 11.9 Å². The fourth-order valence-electron chi connectivity index (χ4n) is 3.19. The van der Waals surface area contributed by atoms with Gasteiger partial charge in [-0.2, -0.15) is 0 Å². The van der Waals surface area contributed by atoms with E-state index in [1.807, 2.05) is 0 Å². The van der Waals surface area contributed by atoms with E-state index in [0.717, 1.165) is 0 Å². The smallest absolute Gasteiger partial charge is 0.326 e. The number of aliphatic imine (C=N–C) groups is 2. The number of aliphatic carboxylic acids is 1. The Balaban J connectivity index is 5.20. The number of nitrogens with zero attached hydrogens (tertiary/aromatic N) is 2. The molecule has 0 aromatic carbocycles. The van der Waals surface area contributed by atoms with E-state index in [2.05, 4.69) is 25.9 Å². The number of rotatable bonds is 20. The summed E-state index contributed by atoms with van der Waals surface area (Å²) in [5, 5.41) is 26.3. The summed E-state index contributed by atoms with van der Waals surface area (Å²) < 4.78 is 0. The maximum absolute atomic E-state index is 12.9. The van der Waals surface area contributed by atoms with Crippen molar-refractivity contribution >= 4 is 35.6 Å². The van der Waals surface area contributed by atoms with Crippen LogP contribution in [0.1, 0.15) is 44.9 Å². The molecule has 0 fully saturated rings. The minimum atomic E-state index is -1.40. The number of unbranched alkanes of at least 4 members (excludes halogenated alkanes) is 1. The van der Waals surface area contributed by atoms with Crippen LogP contribution < -0.4 is 50.4 Å². The average molecular weight is 546 g/mol. The van der Waals surface area contributed by atoms with Crippen LogP contribution in [0, 0.1) is 0 Å². The molecule has 0 radical (unpaired) electrons. The number of aliphatic hydroxyl groups excluding tert-OH is 1. The van der Waals surface area contributed by atoms with Gasteiger partial charge in [0, 0.05) is 13.1 Å². The van der Waals surface area contributed by atoms with E-state index in [9.17, 15) is 29.4 Å². The molecule has 38 heavy (non-hydrogen) atoms.